The quantitative estimate of drug-likeness (QED) is 0.805. The summed E-state index contributed by atoms with van der Waals surface area (Å²) in [6.07, 6.45) is 2.51. The smallest absolute Gasteiger partial charge is 0.326 e. The molecule has 0 spiro atoms. The molecule has 1 saturated carbocycles. The molecule has 0 aromatic heterocycles. The van der Waals surface area contributed by atoms with Gasteiger partial charge in [0, 0.05) is 10.0 Å². The number of benzene rings is 1. The van der Waals surface area contributed by atoms with Gasteiger partial charge in [-0.3, -0.25) is 4.79 Å². The van der Waals surface area contributed by atoms with Gasteiger partial charge in [0.15, 0.2) is 6.61 Å². The molecule has 2 rings (SSSR count). The summed E-state index contributed by atoms with van der Waals surface area (Å²) in [5.74, 6) is -0.754. The summed E-state index contributed by atoms with van der Waals surface area (Å²) in [6, 6.07) is 3.74. The third-order valence-corrected chi connectivity index (χ3v) is 3.54. The fraction of sp³-hybridized carbons (Fsp3) is 0.429. The first-order valence-corrected chi connectivity index (χ1v) is 7.30. The first-order valence-electron chi connectivity index (χ1n) is 6.55. The summed E-state index contributed by atoms with van der Waals surface area (Å²) in [5.41, 5.74) is 0. The predicted octanol–water partition coefficient (Wildman–Crippen LogP) is 2.74. The van der Waals surface area contributed by atoms with Crippen molar-refractivity contribution in [3.63, 3.8) is 0 Å². The molecule has 1 atom stereocenters. The van der Waals surface area contributed by atoms with E-state index >= 15 is 0 Å². The first kappa shape index (κ1) is 15.9. The Morgan fingerprint density at radius 3 is 2.43 bits per heavy atom. The Hall–Kier alpha value is -1.46. The second-order valence-electron chi connectivity index (χ2n) is 5.03. The molecule has 0 bridgehead atoms. The maximum atomic E-state index is 11.7. The zero-order valence-electron chi connectivity index (χ0n) is 11.1. The van der Waals surface area contributed by atoms with Gasteiger partial charge >= 0.3 is 5.97 Å². The third kappa shape index (κ3) is 5.44. The molecule has 0 heterocycles. The number of hydrogen-bond donors (Lipinski definition) is 2. The van der Waals surface area contributed by atoms with E-state index in [1.165, 1.54) is 12.1 Å². The van der Waals surface area contributed by atoms with Gasteiger partial charge in [-0.1, -0.05) is 36.0 Å². The van der Waals surface area contributed by atoms with Crippen LogP contribution < -0.4 is 10.1 Å². The summed E-state index contributed by atoms with van der Waals surface area (Å²) in [5, 5.41) is 12.3. The van der Waals surface area contributed by atoms with E-state index in [9.17, 15) is 9.59 Å². The highest BCUT2D eigenvalue weighted by atomic mass is 35.5. The minimum Gasteiger partial charge on any atom is -0.484 e. The molecular weight excluding hydrogens is 317 g/mol. The SMILES string of the molecule is O=C(COc1cc(Cl)cc(Cl)c1)NC(CC1CC1)C(=O)O. The molecule has 0 aliphatic heterocycles. The van der Waals surface area contributed by atoms with Crippen molar-refractivity contribution in [2.45, 2.75) is 25.3 Å². The molecule has 1 aliphatic rings. The summed E-state index contributed by atoms with van der Waals surface area (Å²) >= 11 is 11.6. The van der Waals surface area contributed by atoms with Crippen LogP contribution in [0.25, 0.3) is 0 Å². The molecule has 1 unspecified atom stereocenters. The number of ether oxygens (including phenoxy) is 1. The van der Waals surface area contributed by atoms with Crippen LogP contribution in [0.1, 0.15) is 19.3 Å². The highest BCUT2D eigenvalue weighted by Gasteiger charge is 2.30. The number of carboxylic acids is 1. The van der Waals surface area contributed by atoms with Gasteiger partial charge in [0.2, 0.25) is 0 Å². The van der Waals surface area contributed by atoms with Gasteiger partial charge in [0.25, 0.3) is 5.91 Å². The number of amides is 1. The molecule has 1 aromatic carbocycles. The molecule has 1 aliphatic carbocycles. The molecule has 0 saturated heterocycles. The fourth-order valence-corrected chi connectivity index (χ4v) is 2.41. The average Bonchev–Trinajstić information content (AvgIpc) is 3.18. The number of rotatable bonds is 7. The molecule has 1 fully saturated rings. The normalized spacial score (nSPS) is 15.3. The second kappa shape index (κ2) is 7.00. The lowest BCUT2D eigenvalue weighted by atomic mass is 10.1. The molecule has 2 N–H and O–H groups in total. The van der Waals surface area contributed by atoms with Crippen molar-refractivity contribution in [1.29, 1.82) is 0 Å². The van der Waals surface area contributed by atoms with E-state index in [0.717, 1.165) is 12.8 Å². The lowest BCUT2D eigenvalue weighted by Crippen LogP contribution is -2.43. The van der Waals surface area contributed by atoms with Crippen molar-refractivity contribution < 1.29 is 19.4 Å². The summed E-state index contributed by atoms with van der Waals surface area (Å²) < 4.78 is 5.26. The molecule has 1 amide bonds. The minimum absolute atomic E-state index is 0.287. The molecule has 1 aromatic rings. The molecular formula is C14H15Cl2NO4. The van der Waals surface area contributed by atoms with E-state index in [0.29, 0.717) is 28.1 Å². The van der Waals surface area contributed by atoms with Crippen LogP contribution in [0, 0.1) is 5.92 Å². The van der Waals surface area contributed by atoms with Crippen LogP contribution in [0.3, 0.4) is 0 Å². The Labute approximate surface area is 132 Å². The fourth-order valence-electron chi connectivity index (χ4n) is 1.91. The first-order chi connectivity index (χ1) is 9.94. The number of carbonyl (C=O) groups is 2. The maximum Gasteiger partial charge on any atom is 0.326 e. The number of aliphatic carboxylic acids is 1. The molecule has 114 valence electrons. The van der Waals surface area contributed by atoms with Crippen LogP contribution in [-0.4, -0.2) is 29.6 Å². The van der Waals surface area contributed by atoms with Crippen LogP contribution in [0.2, 0.25) is 10.0 Å². The summed E-state index contributed by atoms with van der Waals surface area (Å²) in [7, 11) is 0. The van der Waals surface area contributed by atoms with Crippen LogP contribution in [0.15, 0.2) is 18.2 Å². The van der Waals surface area contributed by atoms with Crippen LogP contribution >= 0.6 is 23.2 Å². The van der Waals surface area contributed by atoms with Crippen molar-refractivity contribution in [2.75, 3.05) is 6.61 Å². The number of nitrogens with one attached hydrogen (secondary N) is 1. The summed E-state index contributed by atoms with van der Waals surface area (Å²) in [6.45, 7) is -0.287. The van der Waals surface area contributed by atoms with E-state index in [1.807, 2.05) is 0 Å². The van der Waals surface area contributed by atoms with E-state index in [-0.39, 0.29) is 6.61 Å². The summed E-state index contributed by atoms with van der Waals surface area (Å²) in [4.78, 5) is 22.8. The molecule has 21 heavy (non-hydrogen) atoms. The van der Waals surface area contributed by atoms with Crippen molar-refractivity contribution in [2.24, 2.45) is 5.92 Å². The van der Waals surface area contributed by atoms with Gasteiger partial charge in [0.05, 0.1) is 0 Å². The Morgan fingerprint density at radius 1 is 1.29 bits per heavy atom. The molecule has 7 heteroatoms. The molecule has 0 radical (unpaired) electrons. The monoisotopic (exact) mass is 331 g/mol. The second-order valence-corrected chi connectivity index (χ2v) is 5.90. The predicted molar refractivity (Wildman–Crippen MR) is 78.9 cm³/mol. The highest BCUT2D eigenvalue weighted by Crippen LogP contribution is 2.33. The van der Waals surface area contributed by atoms with Gasteiger partial charge in [-0.15, -0.1) is 0 Å². The van der Waals surface area contributed by atoms with Crippen LogP contribution in [0.5, 0.6) is 5.75 Å². The van der Waals surface area contributed by atoms with Crippen molar-refractivity contribution in [3.05, 3.63) is 28.2 Å². The highest BCUT2D eigenvalue weighted by molar-refractivity contribution is 6.34. The van der Waals surface area contributed by atoms with E-state index in [2.05, 4.69) is 5.32 Å². The Kier molecular flexibility index (Phi) is 5.31. The van der Waals surface area contributed by atoms with Crippen LogP contribution in [0.4, 0.5) is 0 Å². The van der Waals surface area contributed by atoms with E-state index < -0.39 is 17.9 Å². The minimum atomic E-state index is -1.03. The topological polar surface area (TPSA) is 75.6 Å². The Bertz CT molecular complexity index is 526. The zero-order valence-corrected chi connectivity index (χ0v) is 12.7. The third-order valence-electron chi connectivity index (χ3n) is 3.11. The van der Waals surface area contributed by atoms with Gasteiger partial charge in [0.1, 0.15) is 11.8 Å². The van der Waals surface area contributed by atoms with E-state index in [4.69, 9.17) is 33.0 Å². The number of carbonyl (C=O) groups excluding carboxylic acids is 1. The van der Waals surface area contributed by atoms with Gasteiger partial charge in [-0.25, -0.2) is 4.79 Å². The number of halogens is 2. The van der Waals surface area contributed by atoms with E-state index in [1.54, 1.807) is 6.07 Å². The van der Waals surface area contributed by atoms with Gasteiger partial charge < -0.3 is 15.2 Å². The molecule has 5 nitrogen and oxygen atoms in total. The lowest BCUT2D eigenvalue weighted by Gasteiger charge is -2.14. The largest absolute Gasteiger partial charge is 0.484 e. The van der Waals surface area contributed by atoms with Gasteiger partial charge in [-0.2, -0.15) is 0 Å². The Morgan fingerprint density at radius 2 is 1.90 bits per heavy atom. The van der Waals surface area contributed by atoms with Gasteiger partial charge in [-0.05, 0) is 30.5 Å². The number of carboxylic acid groups (broad SMARTS) is 1. The number of hydrogen-bond acceptors (Lipinski definition) is 3. The van der Waals surface area contributed by atoms with Crippen molar-refractivity contribution >= 4 is 35.1 Å². The Balaban J connectivity index is 1.83. The zero-order chi connectivity index (χ0) is 15.4. The van der Waals surface area contributed by atoms with Crippen molar-refractivity contribution in [3.8, 4) is 5.75 Å². The van der Waals surface area contributed by atoms with Crippen LogP contribution in [-0.2, 0) is 9.59 Å². The average molecular weight is 332 g/mol. The lowest BCUT2D eigenvalue weighted by molar-refractivity contribution is -0.142. The maximum absolute atomic E-state index is 11.7. The van der Waals surface area contributed by atoms with Crippen molar-refractivity contribution in [1.82, 2.24) is 5.32 Å². The standard InChI is InChI=1S/C14H15Cl2NO4/c15-9-4-10(16)6-11(5-9)21-7-13(18)17-12(14(19)20)3-8-1-2-8/h4-6,8,12H,1-3,7H2,(H,17,18)(H,19,20).